The molecule has 1 unspecified atom stereocenters. The lowest BCUT2D eigenvalue weighted by molar-refractivity contribution is -0.136. The molecule has 11 nitrogen and oxygen atoms in total. The Labute approximate surface area is 252 Å². The summed E-state index contributed by atoms with van der Waals surface area (Å²) in [4.78, 5) is 67.8. The van der Waals surface area contributed by atoms with E-state index in [0.717, 1.165) is 62.1 Å². The fourth-order valence-corrected chi connectivity index (χ4v) is 7.06. The van der Waals surface area contributed by atoms with Crippen LogP contribution in [-0.2, 0) is 19.1 Å². The number of benzene rings is 1. The highest BCUT2D eigenvalue weighted by atomic mass is 16.6. The quantitative estimate of drug-likeness (QED) is 0.516. The van der Waals surface area contributed by atoms with Crippen molar-refractivity contribution >= 4 is 29.7 Å². The lowest BCUT2D eigenvalue weighted by Crippen LogP contribution is -2.54. The van der Waals surface area contributed by atoms with Crippen molar-refractivity contribution in [1.82, 2.24) is 20.0 Å². The second-order valence-corrected chi connectivity index (χ2v) is 13.6. The third kappa shape index (κ3) is 6.20. The lowest BCUT2D eigenvalue weighted by atomic mass is 9.83. The van der Waals surface area contributed by atoms with Gasteiger partial charge in [0, 0.05) is 25.6 Å². The van der Waals surface area contributed by atoms with Gasteiger partial charge in [0.1, 0.15) is 11.6 Å². The number of hydrogen-bond donors (Lipinski definition) is 1. The minimum absolute atomic E-state index is 0.108. The summed E-state index contributed by atoms with van der Waals surface area (Å²) in [6.07, 6.45) is 6.17. The molecule has 4 aliphatic heterocycles. The Morgan fingerprint density at radius 2 is 1.53 bits per heavy atom. The van der Waals surface area contributed by atoms with Crippen LogP contribution in [0, 0.1) is 0 Å². The van der Waals surface area contributed by atoms with Gasteiger partial charge in [0.05, 0.1) is 23.3 Å². The summed E-state index contributed by atoms with van der Waals surface area (Å²) >= 11 is 0. The minimum Gasteiger partial charge on any atom is -0.444 e. The molecule has 5 aliphatic rings. The molecule has 5 amide bonds. The zero-order valence-corrected chi connectivity index (χ0v) is 25.3. The van der Waals surface area contributed by atoms with E-state index in [1.54, 1.807) is 11.0 Å². The van der Waals surface area contributed by atoms with E-state index in [0.29, 0.717) is 36.2 Å². The van der Waals surface area contributed by atoms with Gasteiger partial charge in [-0.3, -0.25) is 29.4 Å². The van der Waals surface area contributed by atoms with E-state index in [1.165, 1.54) is 0 Å². The Kier molecular flexibility index (Phi) is 8.06. The number of ether oxygens (including phenoxy) is 2. The predicted molar refractivity (Wildman–Crippen MR) is 155 cm³/mol. The number of piperidine rings is 3. The first-order valence-electron chi connectivity index (χ1n) is 15.7. The van der Waals surface area contributed by atoms with Gasteiger partial charge < -0.3 is 19.3 Å². The summed E-state index contributed by atoms with van der Waals surface area (Å²) in [6, 6.07) is 5.07. The van der Waals surface area contributed by atoms with Crippen molar-refractivity contribution in [3.8, 4) is 0 Å². The monoisotopic (exact) mass is 594 g/mol. The molecule has 1 atom stereocenters. The summed E-state index contributed by atoms with van der Waals surface area (Å²) in [5.74, 6) is -1.59. The highest BCUT2D eigenvalue weighted by Crippen LogP contribution is 2.37. The minimum atomic E-state index is -0.947. The standard InChI is InChI=1S/C32H42N4O7/c1-32(2,3)43-31(41)35-14-10-22(11-15-35)42-23-17-21(18-23)34-12-8-19(9-13-34)20-4-5-24-25(16-20)30(40)36(29(24)39)26-6-7-27(37)33-28(26)38/h4-5,16,19,21-23,26H,6-15,17-18H2,1-3H3,(H,33,37,38)/t21-,23-,26?. The summed E-state index contributed by atoms with van der Waals surface area (Å²) in [7, 11) is 0. The van der Waals surface area contributed by atoms with Crippen molar-refractivity contribution in [1.29, 1.82) is 0 Å². The van der Waals surface area contributed by atoms with Crippen LogP contribution < -0.4 is 5.32 Å². The topological polar surface area (TPSA) is 126 Å². The number of rotatable bonds is 5. The number of amides is 5. The molecule has 0 radical (unpaired) electrons. The molecule has 11 heteroatoms. The van der Waals surface area contributed by atoms with Crippen LogP contribution >= 0.6 is 0 Å². The van der Waals surface area contributed by atoms with Crippen LogP contribution in [0.2, 0.25) is 0 Å². The number of carbonyl (C=O) groups excluding carboxylic acids is 5. The van der Waals surface area contributed by atoms with Gasteiger partial charge in [0.2, 0.25) is 11.8 Å². The average molecular weight is 595 g/mol. The molecule has 232 valence electrons. The van der Waals surface area contributed by atoms with Gasteiger partial charge in [-0.15, -0.1) is 0 Å². The maximum atomic E-state index is 13.2. The number of imide groups is 2. The van der Waals surface area contributed by atoms with Gasteiger partial charge in [-0.25, -0.2) is 4.79 Å². The normalized spacial score (nSPS) is 27.7. The summed E-state index contributed by atoms with van der Waals surface area (Å²) in [6.45, 7) is 8.94. The maximum absolute atomic E-state index is 13.2. The number of nitrogens with zero attached hydrogens (tertiary/aromatic N) is 3. The molecular formula is C32H42N4O7. The van der Waals surface area contributed by atoms with Crippen molar-refractivity contribution in [2.45, 2.75) is 108 Å². The zero-order valence-electron chi connectivity index (χ0n) is 25.3. The van der Waals surface area contributed by atoms with E-state index in [1.807, 2.05) is 32.9 Å². The fraction of sp³-hybridized carbons (Fsp3) is 0.656. The van der Waals surface area contributed by atoms with E-state index in [9.17, 15) is 24.0 Å². The summed E-state index contributed by atoms with van der Waals surface area (Å²) in [5, 5.41) is 2.24. The largest absolute Gasteiger partial charge is 0.444 e. The summed E-state index contributed by atoms with van der Waals surface area (Å²) in [5.41, 5.74) is 1.25. The molecule has 0 bridgehead atoms. The number of likely N-dealkylation sites (tertiary alicyclic amines) is 2. The molecule has 1 aromatic rings. The Bertz CT molecular complexity index is 1300. The van der Waals surface area contributed by atoms with E-state index in [2.05, 4.69) is 10.2 Å². The average Bonchev–Trinajstić information content (AvgIpc) is 3.19. The second kappa shape index (κ2) is 11.6. The van der Waals surface area contributed by atoms with Crippen molar-refractivity contribution in [2.75, 3.05) is 26.2 Å². The smallest absolute Gasteiger partial charge is 0.410 e. The molecule has 6 rings (SSSR count). The SMILES string of the molecule is CC(C)(C)OC(=O)N1CCC(O[C@H]2C[C@H](N3CCC(c4ccc5c(c4)C(=O)N(C4CCC(=O)NC4=O)C5=O)CC3)C2)CC1. The Morgan fingerprint density at radius 3 is 2.19 bits per heavy atom. The molecule has 1 aliphatic carbocycles. The Hall–Kier alpha value is -3.31. The molecule has 1 aromatic carbocycles. The number of hydrogen-bond acceptors (Lipinski definition) is 8. The molecule has 4 fully saturated rings. The summed E-state index contributed by atoms with van der Waals surface area (Å²) < 4.78 is 11.9. The molecule has 3 saturated heterocycles. The first-order chi connectivity index (χ1) is 20.5. The highest BCUT2D eigenvalue weighted by Gasteiger charge is 2.45. The molecule has 0 aromatic heterocycles. The lowest BCUT2D eigenvalue weighted by Gasteiger charge is -2.47. The van der Waals surface area contributed by atoms with E-state index in [-0.39, 0.29) is 37.0 Å². The zero-order chi connectivity index (χ0) is 30.5. The van der Waals surface area contributed by atoms with Crippen LogP contribution in [0.5, 0.6) is 0 Å². The van der Waals surface area contributed by atoms with Crippen LogP contribution in [0.3, 0.4) is 0 Å². The van der Waals surface area contributed by atoms with Crippen molar-refractivity contribution < 1.29 is 33.4 Å². The Balaban J connectivity index is 0.953. The van der Waals surface area contributed by atoms with Crippen molar-refractivity contribution in [3.05, 3.63) is 34.9 Å². The predicted octanol–water partition coefficient (Wildman–Crippen LogP) is 3.21. The first kappa shape index (κ1) is 29.7. The van der Waals surface area contributed by atoms with Crippen molar-refractivity contribution in [2.24, 2.45) is 0 Å². The number of nitrogens with one attached hydrogen (secondary N) is 1. The third-order valence-corrected chi connectivity index (χ3v) is 9.53. The van der Waals surface area contributed by atoms with Crippen molar-refractivity contribution in [3.63, 3.8) is 0 Å². The molecule has 0 spiro atoms. The number of fused-ring (bicyclic) bond motifs is 1. The first-order valence-corrected chi connectivity index (χ1v) is 15.7. The Morgan fingerprint density at radius 1 is 0.860 bits per heavy atom. The van der Waals surface area contributed by atoms with Crippen LogP contribution in [0.4, 0.5) is 4.79 Å². The van der Waals surface area contributed by atoms with Crippen LogP contribution in [0.25, 0.3) is 0 Å². The molecule has 1 N–H and O–H groups in total. The molecule has 43 heavy (non-hydrogen) atoms. The van der Waals surface area contributed by atoms with E-state index in [4.69, 9.17) is 9.47 Å². The molecule has 1 saturated carbocycles. The highest BCUT2D eigenvalue weighted by molar-refractivity contribution is 6.23. The fourth-order valence-electron chi connectivity index (χ4n) is 7.06. The van der Waals surface area contributed by atoms with Gasteiger partial charge in [-0.1, -0.05) is 6.07 Å². The maximum Gasteiger partial charge on any atom is 0.410 e. The molecule has 4 heterocycles. The third-order valence-electron chi connectivity index (χ3n) is 9.53. The van der Waals surface area contributed by atoms with Gasteiger partial charge in [-0.05, 0) is 102 Å². The van der Waals surface area contributed by atoms with Gasteiger partial charge in [-0.2, -0.15) is 0 Å². The second-order valence-electron chi connectivity index (χ2n) is 13.6. The van der Waals surface area contributed by atoms with Gasteiger partial charge >= 0.3 is 6.09 Å². The van der Waals surface area contributed by atoms with Crippen LogP contribution in [0.15, 0.2) is 18.2 Å². The van der Waals surface area contributed by atoms with E-state index < -0.39 is 29.4 Å². The number of carbonyl (C=O) groups is 5. The van der Waals surface area contributed by atoms with E-state index >= 15 is 0 Å². The van der Waals surface area contributed by atoms with Crippen LogP contribution in [-0.4, -0.2) is 100 Å². The van der Waals surface area contributed by atoms with Gasteiger partial charge in [0.25, 0.3) is 11.8 Å². The van der Waals surface area contributed by atoms with Gasteiger partial charge in [0.15, 0.2) is 0 Å². The molecular weight excluding hydrogens is 552 g/mol. The van der Waals surface area contributed by atoms with Crippen LogP contribution in [0.1, 0.15) is 104 Å².